The molecule has 0 saturated heterocycles. The Morgan fingerprint density at radius 1 is 0.808 bits per heavy atom. The van der Waals surface area contributed by atoms with Gasteiger partial charge < -0.3 is 34.7 Å². The highest BCUT2D eigenvalue weighted by Crippen LogP contribution is 2.30. The van der Waals surface area contributed by atoms with E-state index in [1.807, 2.05) is 26.0 Å². The summed E-state index contributed by atoms with van der Waals surface area (Å²) in [4.78, 5) is 51.5. The molecule has 2 amide bonds. The molecule has 290 valence electrons. The van der Waals surface area contributed by atoms with Crippen LogP contribution >= 0.6 is 0 Å². The first-order valence-electron chi connectivity index (χ1n) is 17.4. The smallest absolute Gasteiger partial charge is 0.408 e. The van der Waals surface area contributed by atoms with Gasteiger partial charge >= 0.3 is 12.2 Å². The fourth-order valence-corrected chi connectivity index (χ4v) is 5.12. The lowest BCUT2D eigenvalue weighted by Gasteiger charge is -2.28. The zero-order valence-electron chi connectivity index (χ0n) is 31.9. The molecule has 3 N–H and O–H groups in total. The van der Waals surface area contributed by atoms with Gasteiger partial charge in [0.25, 0.3) is 0 Å². The average Bonchev–Trinajstić information content (AvgIpc) is 3.02. The van der Waals surface area contributed by atoms with Gasteiger partial charge in [0.05, 0.1) is 26.4 Å². The molecule has 0 bridgehead atoms. The molecule has 0 aliphatic carbocycles. The topological polar surface area (TPSA) is 149 Å². The van der Waals surface area contributed by atoms with Crippen LogP contribution in [-0.2, 0) is 36.8 Å². The van der Waals surface area contributed by atoms with Gasteiger partial charge in [0.15, 0.2) is 5.78 Å². The number of aliphatic hydroxyl groups excluding tert-OH is 1. The number of Topliss-reactive ketones (excluding diaryl/α,β-unsaturated/α-hetero) is 2. The molecule has 0 radical (unpaired) electrons. The highest BCUT2D eigenvalue weighted by Gasteiger charge is 2.31. The lowest BCUT2D eigenvalue weighted by atomic mass is 9.81. The molecule has 2 aromatic carbocycles. The molecular weight excluding hydrogens is 678 g/mol. The predicted octanol–water partition coefficient (Wildman–Crippen LogP) is 7.00. The Hall–Kier alpha value is -4.10. The largest absolute Gasteiger partial charge is 0.497 e. The highest BCUT2D eigenvalue weighted by molar-refractivity contribution is 5.84. The molecule has 0 aromatic heterocycles. The number of halogens is 2. The number of nitrogens with one attached hydrogen (secondary N) is 2. The van der Waals surface area contributed by atoms with Gasteiger partial charge in [-0.05, 0) is 108 Å². The van der Waals surface area contributed by atoms with Crippen molar-refractivity contribution in [2.45, 2.75) is 130 Å². The molecule has 0 saturated carbocycles. The molecule has 2 aromatic rings. The van der Waals surface area contributed by atoms with Crippen molar-refractivity contribution in [1.82, 2.24) is 10.6 Å². The number of hydrogen-bond donors (Lipinski definition) is 3. The van der Waals surface area contributed by atoms with Crippen molar-refractivity contribution in [3.63, 3.8) is 0 Å². The normalized spacial score (nSPS) is 13.8. The summed E-state index contributed by atoms with van der Waals surface area (Å²) in [5.74, 6) is -1.38. The summed E-state index contributed by atoms with van der Waals surface area (Å²) >= 11 is 0. The van der Waals surface area contributed by atoms with Crippen LogP contribution in [-0.4, -0.2) is 72.0 Å². The Balaban J connectivity index is 2.01. The van der Waals surface area contributed by atoms with Crippen LogP contribution in [0.5, 0.6) is 5.75 Å². The average molecular weight is 735 g/mol. The summed E-state index contributed by atoms with van der Waals surface area (Å²) in [7, 11) is 1.56. The van der Waals surface area contributed by atoms with Gasteiger partial charge in [0, 0.05) is 25.3 Å². The van der Waals surface area contributed by atoms with E-state index < -0.39 is 64.4 Å². The summed E-state index contributed by atoms with van der Waals surface area (Å²) in [6, 6.07) is 8.22. The number of ketones is 2. The fraction of sp³-hybridized carbons (Fsp3) is 0.590. The minimum atomic E-state index is -1.59. The Morgan fingerprint density at radius 2 is 1.38 bits per heavy atom. The Morgan fingerprint density at radius 3 is 1.96 bits per heavy atom. The van der Waals surface area contributed by atoms with Crippen LogP contribution in [0.15, 0.2) is 42.5 Å². The molecule has 11 nitrogen and oxygen atoms in total. The van der Waals surface area contributed by atoms with Crippen LogP contribution in [0.1, 0.15) is 98.6 Å². The number of methoxy groups -OCH3 is 1. The van der Waals surface area contributed by atoms with E-state index in [0.29, 0.717) is 18.6 Å². The van der Waals surface area contributed by atoms with Crippen molar-refractivity contribution < 1.29 is 52.0 Å². The molecule has 3 atom stereocenters. The number of ether oxygens (including phenoxy) is 4. The molecular formula is C39H56F2N2O9. The minimum Gasteiger partial charge on any atom is -0.497 e. The van der Waals surface area contributed by atoms with Gasteiger partial charge in [0.1, 0.15) is 40.5 Å². The first kappa shape index (κ1) is 44.1. The number of alkyl carbamates (subject to hydrolysis) is 2. The second-order valence-corrected chi connectivity index (χ2v) is 15.7. The van der Waals surface area contributed by atoms with E-state index in [9.17, 15) is 33.1 Å². The van der Waals surface area contributed by atoms with E-state index >= 15 is 0 Å². The van der Waals surface area contributed by atoms with Crippen molar-refractivity contribution >= 4 is 23.8 Å². The molecule has 0 aliphatic heterocycles. The first-order valence-corrected chi connectivity index (χ1v) is 17.4. The highest BCUT2D eigenvalue weighted by atomic mass is 19.1. The monoisotopic (exact) mass is 734 g/mol. The van der Waals surface area contributed by atoms with Gasteiger partial charge in [-0.3, -0.25) is 9.59 Å². The molecule has 13 heteroatoms. The number of hydrogen-bond acceptors (Lipinski definition) is 9. The van der Waals surface area contributed by atoms with Crippen LogP contribution in [0.4, 0.5) is 18.4 Å². The van der Waals surface area contributed by atoms with Gasteiger partial charge in [0.2, 0.25) is 0 Å². The standard InChI is InChI=1S/C39H56F2N2O9/c1-37(2,3)51-35(47)42-28(21-26-20-27(40)12-15-31(26)41)22-29(44)16-18-39(7,8)19-17-33(45)34(46)32(43-36(48)52-38(4,5)6)24-50-23-25-10-13-30(49-9)14-11-25/h10-15,20,28,32,34,46H,16-19,21-24H2,1-9H3,(H,42,47)(H,43,48)/t28?,32-,34+/m1/s1. The fourth-order valence-electron chi connectivity index (χ4n) is 5.12. The number of carbonyl (C=O) groups excluding carboxylic acids is 4. The zero-order chi connectivity index (χ0) is 39.3. The van der Waals surface area contributed by atoms with E-state index in [1.165, 1.54) is 0 Å². The molecule has 0 heterocycles. The molecule has 52 heavy (non-hydrogen) atoms. The van der Waals surface area contributed by atoms with Crippen molar-refractivity contribution in [3.05, 3.63) is 65.2 Å². The van der Waals surface area contributed by atoms with Crippen molar-refractivity contribution in [2.75, 3.05) is 13.7 Å². The first-order chi connectivity index (χ1) is 24.1. The second kappa shape index (κ2) is 19.7. The van der Waals surface area contributed by atoms with E-state index in [2.05, 4.69) is 10.6 Å². The SMILES string of the molecule is COc1ccc(COC[C@@H](NC(=O)OC(C)(C)C)[C@H](O)C(=O)CCC(C)(C)CCC(=O)CC(Cc2cc(F)ccc2F)NC(=O)OC(C)(C)C)cc1. The zero-order valence-corrected chi connectivity index (χ0v) is 31.9. The van der Waals surface area contributed by atoms with Gasteiger partial charge in [-0.15, -0.1) is 0 Å². The van der Waals surface area contributed by atoms with E-state index in [-0.39, 0.29) is 50.2 Å². The molecule has 0 fully saturated rings. The number of amides is 2. The summed E-state index contributed by atoms with van der Waals surface area (Å²) in [6.45, 7) is 13.9. The maximum absolute atomic E-state index is 14.4. The lowest BCUT2D eigenvalue weighted by Crippen LogP contribution is -2.51. The van der Waals surface area contributed by atoms with Gasteiger partial charge in [-0.25, -0.2) is 18.4 Å². The number of carbonyl (C=O) groups is 4. The van der Waals surface area contributed by atoms with Crippen LogP contribution in [0.25, 0.3) is 0 Å². The molecule has 0 spiro atoms. The third-order valence-electron chi connectivity index (χ3n) is 7.94. The van der Waals surface area contributed by atoms with Gasteiger partial charge in [-0.2, -0.15) is 0 Å². The maximum Gasteiger partial charge on any atom is 0.408 e. The van der Waals surface area contributed by atoms with Crippen molar-refractivity contribution in [1.29, 1.82) is 0 Å². The van der Waals surface area contributed by atoms with Crippen LogP contribution in [0, 0.1) is 17.0 Å². The number of aliphatic hydroxyl groups is 1. The maximum atomic E-state index is 14.4. The van der Waals surface area contributed by atoms with E-state index in [1.54, 1.807) is 60.8 Å². The summed E-state index contributed by atoms with van der Waals surface area (Å²) in [6.07, 6.45) is -2.75. The van der Waals surface area contributed by atoms with Crippen LogP contribution < -0.4 is 15.4 Å². The minimum absolute atomic E-state index is 0.0110. The number of benzene rings is 2. The number of rotatable bonds is 19. The van der Waals surface area contributed by atoms with E-state index in [0.717, 1.165) is 23.8 Å². The second-order valence-electron chi connectivity index (χ2n) is 15.7. The van der Waals surface area contributed by atoms with Crippen molar-refractivity contribution in [3.8, 4) is 5.75 Å². The van der Waals surface area contributed by atoms with Crippen LogP contribution in [0.2, 0.25) is 0 Å². The summed E-state index contributed by atoms with van der Waals surface area (Å²) in [5, 5.41) is 16.2. The third kappa shape index (κ3) is 17.4. The Labute approximate surface area is 306 Å². The predicted molar refractivity (Wildman–Crippen MR) is 192 cm³/mol. The summed E-state index contributed by atoms with van der Waals surface area (Å²) < 4.78 is 49.9. The molecule has 0 aliphatic rings. The molecule has 1 unspecified atom stereocenters. The van der Waals surface area contributed by atoms with Crippen LogP contribution in [0.3, 0.4) is 0 Å². The van der Waals surface area contributed by atoms with Gasteiger partial charge in [-0.1, -0.05) is 26.0 Å². The Bertz CT molecular complexity index is 1480. The summed E-state index contributed by atoms with van der Waals surface area (Å²) in [5.41, 5.74) is -1.31. The lowest BCUT2D eigenvalue weighted by molar-refractivity contribution is -0.130. The van der Waals surface area contributed by atoms with E-state index in [4.69, 9.17) is 18.9 Å². The third-order valence-corrected chi connectivity index (χ3v) is 7.94. The quantitative estimate of drug-likeness (QED) is 0.139. The molecule has 2 rings (SSSR count). The Kier molecular flexibility index (Phi) is 16.7. The van der Waals surface area contributed by atoms with Crippen molar-refractivity contribution in [2.24, 2.45) is 5.41 Å².